The zero-order valence-corrected chi connectivity index (χ0v) is 10.4. The fourth-order valence-electron chi connectivity index (χ4n) is 2.39. The van der Waals surface area contributed by atoms with Crippen molar-refractivity contribution in [2.24, 2.45) is 0 Å². The molecule has 1 aromatic carbocycles. The lowest BCUT2D eigenvalue weighted by Crippen LogP contribution is -2.20. The summed E-state index contributed by atoms with van der Waals surface area (Å²) in [6, 6.07) is 8.64. The smallest absolute Gasteiger partial charge is 0.0626 e. The molecule has 0 saturated carbocycles. The summed E-state index contributed by atoms with van der Waals surface area (Å²) in [5, 5.41) is 12.3. The highest BCUT2D eigenvalue weighted by atomic mass is 16.5. The first-order valence-corrected chi connectivity index (χ1v) is 6.31. The van der Waals surface area contributed by atoms with Crippen molar-refractivity contribution in [3.63, 3.8) is 0 Å². The highest BCUT2D eigenvalue weighted by Crippen LogP contribution is 2.27. The number of rotatable bonds is 4. The van der Waals surface area contributed by atoms with Crippen molar-refractivity contribution in [2.45, 2.75) is 24.8 Å². The van der Waals surface area contributed by atoms with Crippen molar-refractivity contribution in [3.05, 3.63) is 35.4 Å². The van der Waals surface area contributed by atoms with Gasteiger partial charge < -0.3 is 15.2 Å². The van der Waals surface area contributed by atoms with Crippen molar-refractivity contribution in [3.8, 4) is 0 Å². The topological polar surface area (TPSA) is 41.5 Å². The molecule has 3 heteroatoms. The van der Waals surface area contributed by atoms with E-state index < -0.39 is 0 Å². The summed E-state index contributed by atoms with van der Waals surface area (Å²) in [6.07, 6.45) is 2.24. The van der Waals surface area contributed by atoms with Crippen LogP contribution in [0.15, 0.2) is 24.3 Å². The molecule has 1 aliphatic rings. The predicted octanol–water partition coefficient (Wildman–Crippen LogP) is 1.83. The summed E-state index contributed by atoms with van der Waals surface area (Å²) in [5.74, 6) is 0.639. The Kier molecular flexibility index (Phi) is 4.54. The summed E-state index contributed by atoms with van der Waals surface area (Å²) in [4.78, 5) is 0. The normalized spacial score (nSPS) is 19.2. The van der Waals surface area contributed by atoms with Gasteiger partial charge in [0.25, 0.3) is 0 Å². The van der Waals surface area contributed by atoms with Crippen LogP contribution in [0.2, 0.25) is 0 Å². The van der Waals surface area contributed by atoms with Gasteiger partial charge in [-0.3, -0.25) is 0 Å². The Morgan fingerprint density at radius 2 is 1.94 bits per heavy atom. The maximum atomic E-state index is 9.22. The third kappa shape index (κ3) is 3.06. The van der Waals surface area contributed by atoms with Gasteiger partial charge >= 0.3 is 0 Å². The summed E-state index contributed by atoms with van der Waals surface area (Å²) < 4.78 is 5.37. The maximum absolute atomic E-state index is 9.22. The number of benzene rings is 1. The van der Waals surface area contributed by atoms with Crippen LogP contribution in [0, 0.1) is 0 Å². The van der Waals surface area contributed by atoms with Gasteiger partial charge in [0.2, 0.25) is 0 Å². The molecule has 0 radical (unpaired) electrons. The number of hydrogen-bond donors (Lipinski definition) is 2. The number of hydrogen-bond acceptors (Lipinski definition) is 3. The number of aliphatic hydroxyl groups is 1. The molecule has 3 nitrogen and oxygen atoms in total. The van der Waals surface area contributed by atoms with Crippen LogP contribution in [-0.2, 0) is 4.74 Å². The molecule has 2 rings (SSSR count). The van der Waals surface area contributed by atoms with E-state index in [0.717, 1.165) is 31.6 Å². The van der Waals surface area contributed by atoms with Crippen molar-refractivity contribution in [1.29, 1.82) is 0 Å². The highest BCUT2D eigenvalue weighted by molar-refractivity contribution is 5.27. The van der Waals surface area contributed by atoms with E-state index >= 15 is 0 Å². The van der Waals surface area contributed by atoms with Gasteiger partial charge in [-0.1, -0.05) is 24.3 Å². The molecule has 1 heterocycles. The second kappa shape index (κ2) is 6.15. The first-order valence-electron chi connectivity index (χ1n) is 6.31. The second-order valence-electron chi connectivity index (χ2n) is 4.58. The van der Waals surface area contributed by atoms with Gasteiger partial charge in [0, 0.05) is 13.2 Å². The van der Waals surface area contributed by atoms with Crippen LogP contribution in [0.1, 0.15) is 35.9 Å². The van der Waals surface area contributed by atoms with Crippen LogP contribution in [0.25, 0.3) is 0 Å². The molecule has 1 atom stereocenters. The molecular weight excluding hydrogens is 214 g/mol. The molecule has 0 aliphatic carbocycles. The zero-order chi connectivity index (χ0) is 12.1. The summed E-state index contributed by atoms with van der Waals surface area (Å²) in [7, 11) is 1.87. The summed E-state index contributed by atoms with van der Waals surface area (Å²) in [6.45, 7) is 1.89. The molecule has 1 fully saturated rings. The lowest BCUT2D eigenvalue weighted by atomic mass is 9.90. The summed E-state index contributed by atoms with van der Waals surface area (Å²) >= 11 is 0. The van der Waals surface area contributed by atoms with E-state index in [2.05, 4.69) is 29.6 Å². The second-order valence-corrected chi connectivity index (χ2v) is 4.58. The third-order valence-corrected chi connectivity index (χ3v) is 3.56. The van der Waals surface area contributed by atoms with Gasteiger partial charge in [0.1, 0.15) is 0 Å². The van der Waals surface area contributed by atoms with E-state index in [1.807, 2.05) is 7.05 Å². The Morgan fingerprint density at radius 1 is 1.29 bits per heavy atom. The van der Waals surface area contributed by atoms with Gasteiger partial charge in [0.05, 0.1) is 12.6 Å². The molecule has 2 N–H and O–H groups in total. The molecule has 1 saturated heterocycles. The Hall–Kier alpha value is -0.900. The quantitative estimate of drug-likeness (QED) is 0.836. The molecular formula is C14H21NO2. The standard InChI is InChI=1S/C14H21NO2/c1-15-14(10-16)13-4-2-11(3-5-13)12-6-8-17-9-7-12/h2-5,12,14-16H,6-10H2,1H3. The Morgan fingerprint density at radius 3 is 2.47 bits per heavy atom. The molecule has 0 spiro atoms. The lowest BCUT2D eigenvalue weighted by Gasteiger charge is -2.23. The van der Waals surface area contributed by atoms with Gasteiger partial charge in [-0.05, 0) is 36.9 Å². The van der Waals surface area contributed by atoms with Crippen LogP contribution < -0.4 is 5.32 Å². The number of likely N-dealkylation sites (N-methyl/N-ethyl adjacent to an activating group) is 1. The predicted molar refractivity (Wildman–Crippen MR) is 68.1 cm³/mol. The SMILES string of the molecule is CNC(CO)c1ccc(C2CCOCC2)cc1. The van der Waals surface area contributed by atoms with Crippen molar-refractivity contribution >= 4 is 0 Å². The van der Waals surface area contributed by atoms with E-state index in [-0.39, 0.29) is 12.6 Å². The Labute approximate surface area is 103 Å². The molecule has 0 amide bonds. The van der Waals surface area contributed by atoms with E-state index in [1.54, 1.807) is 0 Å². The Balaban J connectivity index is 2.06. The van der Waals surface area contributed by atoms with Crippen LogP contribution in [0.4, 0.5) is 0 Å². The van der Waals surface area contributed by atoms with Crippen LogP contribution in [0.3, 0.4) is 0 Å². The molecule has 0 aromatic heterocycles. The monoisotopic (exact) mass is 235 g/mol. The minimum absolute atomic E-state index is 0.0405. The molecule has 17 heavy (non-hydrogen) atoms. The van der Waals surface area contributed by atoms with Gasteiger partial charge in [-0.25, -0.2) is 0 Å². The van der Waals surface area contributed by atoms with Crippen molar-refractivity contribution < 1.29 is 9.84 Å². The van der Waals surface area contributed by atoms with Gasteiger partial charge in [-0.2, -0.15) is 0 Å². The van der Waals surface area contributed by atoms with E-state index in [1.165, 1.54) is 5.56 Å². The van der Waals surface area contributed by atoms with Crippen molar-refractivity contribution in [1.82, 2.24) is 5.32 Å². The largest absolute Gasteiger partial charge is 0.394 e. The fraction of sp³-hybridized carbons (Fsp3) is 0.571. The van der Waals surface area contributed by atoms with Gasteiger partial charge in [0.15, 0.2) is 0 Å². The van der Waals surface area contributed by atoms with Crippen molar-refractivity contribution in [2.75, 3.05) is 26.9 Å². The fourth-order valence-corrected chi connectivity index (χ4v) is 2.39. The minimum Gasteiger partial charge on any atom is -0.394 e. The summed E-state index contributed by atoms with van der Waals surface area (Å²) in [5.41, 5.74) is 2.54. The first kappa shape index (κ1) is 12.6. The molecule has 0 bridgehead atoms. The highest BCUT2D eigenvalue weighted by Gasteiger charge is 2.16. The zero-order valence-electron chi connectivity index (χ0n) is 10.4. The van der Waals surface area contributed by atoms with Crippen LogP contribution >= 0.6 is 0 Å². The third-order valence-electron chi connectivity index (χ3n) is 3.56. The Bertz CT molecular complexity index is 327. The molecule has 1 unspecified atom stereocenters. The first-order chi connectivity index (χ1) is 8.35. The van der Waals surface area contributed by atoms with Crippen LogP contribution in [-0.4, -0.2) is 32.0 Å². The molecule has 1 aliphatic heterocycles. The average molecular weight is 235 g/mol. The average Bonchev–Trinajstić information content (AvgIpc) is 2.42. The number of ether oxygens (including phenoxy) is 1. The lowest BCUT2D eigenvalue weighted by molar-refractivity contribution is 0.0853. The maximum Gasteiger partial charge on any atom is 0.0626 e. The van der Waals surface area contributed by atoms with E-state index in [4.69, 9.17) is 4.74 Å². The number of aliphatic hydroxyl groups excluding tert-OH is 1. The van der Waals surface area contributed by atoms with Gasteiger partial charge in [-0.15, -0.1) is 0 Å². The number of nitrogens with one attached hydrogen (secondary N) is 1. The molecule has 94 valence electrons. The minimum atomic E-state index is 0.0405. The van der Waals surface area contributed by atoms with E-state index in [9.17, 15) is 5.11 Å². The van der Waals surface area contributed by atoms with E-state index in [0.29, 0.717) is 5.92 Å². The molecule has 1 aromatic rings. The van der Waals surface area contributed by atoms with Crippen LogP contribution in [0.5, 0.6) is 0 Å².